The number of ether oxygens (including phenoxy) is 1. The van der Waals surface area contributed by atoms with Crippen LogP contribution in [0.3, 0.4) is 0 Å². The maximum atomic E-state index is 12.6. The average Bonchev–Trinajstić information content (AvgIpc) is 2.42. The number of hydrogen-bond donors (Lipinski definition) is 1. The van der Waals surface area contributed by atoms with Gasteiger partial charge in [-0.3, -0.25) is 4.79 Å². The molecule has 0 unspecified atom stereocenters. The molecule has 0 saturated carbocycles. The largest absolute Gasteiger partial charge is 0.504 e. The van der Waals surface area contributed by atoms with Crippen LogP contribution in [0.1, 0.15) is 6.92 Å². The molecule has 0 atom stereocenters. The molecule has 0 aliphatic carbocycles. The highest BCUT2D eigenvalue weighted by atomic mass is 32.1. The lowest BCUT2D eigenvalue weighted by atomic mass is 10.1. The van der Waals surface area contributed by atoms with Crippen molar-refractivity contribution in [1.29, 1.82) is 0 Å². The van der Waals surface area contributed by atoms with Crippen molar-refractivity contribution in [2.24, 2.45) is 0 Å². The van der Waals surface area contributed by atoms with Crippen LogP contribution in [-0.4, -0.2) is 11.7 Å². The summed E-state index contributed by atoms with van der Waals surface area (Å²) in [5, 5.41) is 11.0. The Hall–Kier alpha value is -2.07. The monoisotopic (exact) mass is 272 g/mol. The van der Waals surface area contributed by atoms with Crippen LogP contribution in [0.4, 0.5) is 0 Å². The molecule has 4 heteroatoms. The number of rotatable bonds is 2. The number of phenols is 1. The zero-order chi connectivity index (χ0) is 13.4. The molecular weight excluding hydrogens is 260 g/mol. The zero-order valence-corrected chi connectivity index (χ0v) is 11.2. The van der Waals surface area contributed by atoms with Crippen molar-refractivity contribution < 1.29 is 9.84 Å². The van der Waals surface area contributed by atoms with Crippen LogP contribution >= 0.6 is 11.3 Å². The van der Waals surface area contributed by atoms with Crippen LogP contribution in [0, 0.1) is 0 Å². The fourth-order valence-electron chi connectivity index (χ4n) is 2.14. The van der Waals surface area contributed by atoms with Crippen molar-refractivity contribution in [2.75, 3.05) is 6.61 Å². The van der Waals surface area contributed by atoms with E-state index in [0.717, 1.165) is 9.40 Å². The highest BCUT2D eigenvalue weighted by Gasteiger charge is 2.14. The van der Waals surface area contributed by atoms with E-state index in [4.69, 9.17) is 4.74 Å². The third-order valence-corrected chi connectivity index (χ3v) is 4.10. The number of fused-ring (bicyclic) bond motifs is 2. The van der Waals surface area contributed by atoms with E-state index >= 15 is 0 Å². The standard InChI is InChI=1S/C15H12O3S/c1-2-18-15-10(16)7-8-12-13(15)14(17)9-5-3-4-6-11(9)19-12/h3-8,16H,2H2,1H3. The van der Waals surface area contributed by atoms with Gasteiger partial charge in [-0.1, -0.05) is 12.1 Å². The fourth-order valence-corrected chi connectivity index (χ4v) is 3.22. The second-order valence-corrected chi connectivity index (χ2v) is 5.23. The Kier molecular flexibility index (Phi) is 2.87. The molecule has 3 nitrogen and oxygen atoms in total. The first-order valence-electron chi connectivity index (χ1n) is 6.02. The van der Waals surface area contributed by atoms with Crippen LogP contribution in [0.5, 0.6) is 11.5 Å². The van der Waals surface area contributed by atoms with Gasteiger partial charge in [-0.2, -0.15) is 0 Å². The van der Waals surface area contributed by atoms with Gasteiger partial charge in [0.05, 0.1) is 12.0 Å². The summed E-state index contributed by atoms with van der Waals surface area (Å²) in [6.45, 7) is 2.23. The summed E-state index contributed by atoms with van der Waals surface area (Å²) in [4.78, 5) is 12.6. The van der Waals surface area contributed by atoms with Gasteiger partial charge in [-0.05, 0) is 31.2 Å². The average molecular weight is 272 g/mol. The molecule has 0 aliphatic rings. The maximum absolute atomic E-state index is 12.6. The summed E-state index contributed by atoms with van der Waals surface area (Å²) >= 11 is 1.52. The van der Waals surface area contributed by atoms with Gasteiger partial charge >= 0.3 is 0 Å². The van der Waals surface area contributed by atoms with Crippen molar-refractivity contribution in [3.05, 3.63) is 46.6 Å². The molecule has 19 heavy (non-hydrogen) atoms. The molecule has 3 rings (SSSR count). The summed E-state index contributed by atoms with van der Waals surface area (Å²) in [5.41, 5.74) is -0.0938. The van der Waals surface area contributed by atoms with Crippen molar-refractivity contribution in [1.82, 2.24) is 0 Å². The lowest BCUT2D eigenvalue weighted by molar-refractivity contribution is 0.322. The molecule has 0 fully saturated rings. The van der Waals surface area contributed by atoms with Gasteiger partial charge in [-0.15, -0.1) is 11.3 Å². The molecule has 0 radical (unpaired) electrons. The highest BCUT2D eigenvalue weighted by Crippen LogP contribution is 2.36. The van der Waals surface area contributed by atoms with Crippen LogP contribution in [-0.2, 0) is 0 Å². The summed E-state index contributed by atoms with van der Waals surface area (Å²) in [5.74, 6) is 0.293. The molecule has 0 amide bonds. The van der Waals surface area contributed by atoms with E-state index in [2.05, 4.69) is 0 Å². The molecule has 0 aliphatic heterocycles. The highest BCUT2D eigenvalue weighted by molar-refractivity contribution is 7.24. The Morgan fingerprint density at radius 1 is 1.16 bits per heavy atom. The molecule has 1 heterocycles. The summed E-state index contributed by atoms with van der Waals surface area (Å²) in [7, 11) is 0. The van der Waals surface area contributed by atoms with E-state index in [1.807, 2.05) is 25.1 Å². The van der Waals surface area contributed by atoms with Gasteiger partial charge in [0.2, 0.25) is 0 Å². The third-order valence-electron chi connectivity index (χ3n) is 2.97. The van der Waals surface area contributed by atoms with Crippen LogP contribution < -0.4 is 10.2 Å². The third kappa shape index (κ3) is 1.85. The fraction of sp³-hybridized carbons (Fsp3) is 0.133. The van der Waals surface area contributed by atoms with E-state index < -0.39 is 0 Å². The van der Waals surface area contributed by atoms with Crippen molar-refractivity contribution in [2.45, 2.75) is 6.92 Å². The Bertz CT molecular complexity index is 821. The quantitative estimate of drug-likeness (QED) is 0.726. The van der Waals surface area contributed by atoms with Crippen LogP contribution in [0.2, 0.25) is 0 Å². The molecule has 3 aromatic rings. The second kappa shape index (κ2) is 4.55. The first-order chi connectivity index (χ1) is 9.22. The van der Waals surface area contributed by atoms with E-state index in [9.17, 15) is 9.90 Å². The molecule has 96 valence electrons. The van der Waals surface area contributed by atoms with Gasteiger partial charge in [0.1, 0.15) is 0 Å². The van der Waals surface area contributed by atoms with Gasteiger partial charge in [0.25, 0.3) is 0 Å². The van der Waals surface area contributed by atoms with Crippen molar-refractivity contribution >= 4 is 31.5 Å². The second-order valence-electron chi connectivity index (χ2n) is 4.15. The molecule has 1 N–H and O–H groups in total. The predicted octanol–water partition coefficient (Wildman–Crippen LogP) is 3.52. The lowest BCUT2D eigenvalue weighted by Gasteiger charge is -2.09. The van der Waals surface area contributed by atoms with E-state index in [-0.39, 0.29) is 16.9 Å². The Morgan fingerprint density at radius 2 is 1.95 bits per heavy atom. The topological polar surface area (TPSA) is 46.5 Å². The van der Waals surface area contributed by atoms with E-state index in [0.29, 0.717) is 17.4 Å². The van der Waals surface area contributed by atoms with Gasteiger partial charge in [-0.25, -0.2) is 0 Å². The Labute approximate surface area is 113 Å². The minimum Gasteiger partial charge on any atom is -0.504 e. The van der Waals surface area contributed by atoms with Gasteiger partial charge in [0.15, 0.2) is 16.9 Å². The molecule has 0 spiro atoms. The molecule has 1 aromatic heterocycles. The number of hydrogen-bond acceptors (Lipinski definition) is 4. The minimum atomic E-state index is -0.0938. The molecular formula is C15H12O3S. The number of aromatic hydroxyl groups is 1. The molecule has 2 aromatic carbocycles. The molecule has 0 saturated heterocycles. The first-order valence-corrected chi connectivity index (χ1v) is 6.84. The SMILES string of the molecule is CCOc1c(O)ccc2sc3ccccc3c(=O)c12. The van der Waals surface area contributed by atoms with Crippen molar-refractivity contribution in [3.63, 3.8) is 0 Å². The Morgan fingerprint density at radius 3 is 2.74 bits per heavy atom. The normalized spacial score (nSPS) is 11.0. The summed E-state index contributed by atoms with van der Waals surface area (Å²) < 4.78 is 7.20. The zero-order valence-electron chi connectivity index (χ0n) is 10.3. The van der Waals surface area contributed by atoms with Gasteiger partial charge < -0.3 is 9.84 Å². The minimum absolute atomic E-state index is 0.00827. The van der Waals surface area contributed by atoms with Crippen LogP contribution in [0.25, 0.3) is 20.2 Å². The smallest absolute Gasteiger partial charge is 0.199 e. The van der Waals surface area contributed by atoms with Crippen molar-refractivity contribution in [3.8, 4) is 11.5 Å². The molecule has 0 bridgehead atoms. The number of benzene rings is 2. The van der Waals surface area contributed by atoms with E-state index in [1.54, 1.807) is 18.2 Å². The predicted molar refractivity (Wildman–Crippen MR) is 78.4 cm³/mol. The van der Waals surface area contributed by atoms with Gasteiger partial charge in [0, 0.05) is 14.8 Å². The summed E-state index contributed by atoms with van der Waals surface area (Å²) in [6, 6.07) is 10.8. The Balaban J connectivity index is 2.52. The van der Waals surface area contributed by atoms with Crippen LogP contribution in [0.15, 0.2) is 41.2 Å². The maximum Gasteiger partial charge on any atom is 0.199 e. The first kappa shape index (κ1) is 12.0. The van der Waals surface area contributed by atoms with E-state index in [1.165, 1.54) is 11.3 Å². The lowest BCUT2D eigenvalue weighted by Crippen LogP contribution is -2.04. The summed E-state index contributed by atoms with van der Waals surface area (Å²) in [6.07, 6.45) is 0. The number of phenolic OH excluding ortho intramolecular Hbond substituents is 1.